The van der Waals surface area contributed by atoms with Crippen molar-refractivity contribution in [2.75, 3.05) is 38.7 Å². The molecule has 1 amide bonds. The van der Waals surface area contributed by atoms with E-state index in [0.29, 0.717) is 29.7 Å². The third-order valence-electron chi connectivity index (χ3n) is 4.77. The van der Waals surface area contributed by atoms with E-state index in [2.05, 4.69) is 20.6 Å². The van der Waals surface area contributed by atoms with Gasteiger partial charge in [-0.25, -0.2) is 4.98 Å². The highest BCUT2D eigenvalue weighted by Crippen LogP contribution is 2.33. The summed E-state index contributed by atoms with van der Waals surface area (Å²) in [5.41, 5.74) is 1.72. The van der Waals surface area contributed by atoms with Gasteiger partial charge in [0.05, 0.1) is 28.0 Å². The first kappa shape index (κ1) is 21.0. The first-order valence-corrected chi connectivity index (χ1v) is 10.7. The van der Waals surface area contributed by atoms with Crippen LogP contribution in [0.15, 0.2) is 23.6 Å². The monoisotopic (exact) mass is 423 g/mol. The largest absolute Gasteiger partial charge is 0.487 e. The van der Waals surface area contributed by atoms with Crippen molar-refractivity contribution in [2.45, 2.75) is 26.3 Å². The van der Waals surface area contributed by atoms with Crippen LogP contribution in [0.5, 0.6) is 5.75 Å². The summed E-state index contributed by atoms with van der Waals surface area (Å²) in [5, 5.41) is 6.67. The summed E-state index contributed by atoms with van der Waals surface area (Å²) in [6.45, 7) is 5.48. The number of nitrogens with one attached hydrogen (secondary N) is 1. The number of para-hydroxylation sites is 1. The lowest BCUT2D eigenvalue weighted by molar-refractivity contribution is -0.121. The van der Waals surface area contributed by atoms with Crippen molar-refractivity contribution in [2.24, 2.45) is 5.92 Å². The van der Waals surface area contributed by atoms with Crippen LogP contribution in [0.1, 0.15) is 23.5 Å². The van der Waals surface area contributed by atoms with Gasteiger partial charge in [-0.1, -0.05) is 17.7 Å². The minimum atomic E-state index is -0.0146. The molecule has 1 aromatic heterocycles. The molecule has 2 heterocycles. The highest BCUT2D eigenvalue weighted by Gasteiger charge is 2.26. The van der Waals surface area contributed by atoms with Gasteiger partial charge in [0, 0.05) is 25.0 Å². The molecule has 1 fully saturated rings. The number of thiazole rings is 1. The van der Waals surface area contributed by atoms with Crippen LogP contribution in [-0.2, 0) is 16.1 Å². The Balaban J connectivity index is 1.53. The van der Waals surface area contributed by atoms with Crippen molar-refractivity contribution in [1.29, 1.82) is 0 Å². The van der Waals surface area contributed by atoms with Gasteiger partial charge in [0.1, 0.15) is 6.61 Å². The van der Waals surface area contributed by atoms with E-state index in [1.807, 2.05) is 13.0 Å². The molecule has 3 rings (SSSR count). The number of rotatable bonds is 8. The topological polar surface area (TPSA) is 63.7 Å². The lowest BCUT2D eigenvalue weighted by atomic mass is 9.95. The van der Waals surface area contributed by atoms with Crippen LogP contribution < -0.4 is 10.1 Å². The number of carbonyl (C=O) groups is 1. The summed E-state index contributed by atoms with van der Waals surface area (Å²) in [6.07, 6.45) is 1.66. The summed E-state index contributed by atoms with van der Waals surface area (Å²) < 4.78 is 10.7. The first-order chi connectivity index (χ1) is 13.6. The van der Waals surface area contributed by atoms with Crippen molar-refractivity contribution in [3.63, 3.8) is 0 Å². The SMILES string of the molecule is COCCOc1c(Cl)cccc1NC(=O)C1CCN(Cc2csc(C)n2)CC1. The van der Waals surface area contributed by atoms with E-state index in [9.17, 15) is 4.79 Å². The molecule has 0 unspecified atom stereocenters. The number of carbonyl (C=O) groups excluding carboxylic acids is 1. The number of benzene rings is 1. The van der Waals surface area contributed by atoms with Gasteiger partial charge in [-0.3, -0.25) is 9.69 Å². The third-order valence-corrected chi connectivity index (χ3v) is 5.89. The zero-order valence-electron chi connectivity index (χ0n) is 16.2. The number of hydrogen-bond donors (Lipinski definition) is 1. The number of halogens is 1. The van der Waals surface area contributed by atoms with Crippen molar-refractivity contribution >= 4 is 34.5 Å². The average molecular weight is 424 g/mol. The van der Waals surface area contributed by atoms with Gasteiger partial charge < -0.3 is 14.8 Å². The maximum atomic E-state index is 12.8. The van der Waals surface area contributed by atoms with Crippen molar-refractivity contribution in [3.05, 3.63) is 39.3 Å². The fourth-order valence-corrected chi connectivity index (χ4v) is 4.11. The van der Waals surface area contributed by atoms with Gasteiger partial charge in [-0.15, -0.1) is 11.3 Å². The Hall–Kier alpha value is -1.67. The Morgan fingerprint density at radius 3 is 2.82 bits per heavy atom. The van der Waals surface area contributed by atoms with Crippen LogP contribution in [0.25, 0.3) is 0 Å². The minimum absolute atomic E-state index is 0.0146. The Labute approximate surface area is 174 Å². The van der Waals surface area contributed by atoms with E-state index in [4.69, 9.17) is 21.1 Å². The number of anilines is 1. The molecule has 2 aromatic rings. The molecule has 8 heteroatoms. The Morgan fingerprint density at radius 1 is 1.36 bits per heavy atom. The van der Waals surface area contributed by atoms with Crippen molar-refractivity contribution in [3.8, 4) is 5.75 Å². The van der Waals surface area contributed by atoms with Gasteiger partial charge in [-0.2, -0.15) is 0 Å². The predicted molar refractivity (Wildman–Crippen MR) is 112 cm³/mol. The quantitative estimate of drug-likeness (QED) is 0.650. The normalized spacial score (nSPS) is 15.5. The zero-order chi connectivity index (χ0) is 19.9. The molecule has 1 saturated heterocycles. The zero-order valence-corrected chi connectivity index (χ0v) is 17.8. The lowest BCUT2D eigenvalue weighted by Gasteiger charge is -2.30. The second-order valence-corrected chi connectivity index (χ2v) is 8.32. The van der Waals surface area contributed by atoms with Crippen LogP contribution in [0.2, 0.25) is 5.02 Å². The molecule has 0 saturated carbocycles. The maximum Gasteiger partial charge on any atom is 0.227 e. The molecule has 6 nitrogen and oxygen atoms in total. The third kappa shape index (κ3) is 5.67. The van der Waals surface area contributed by atoms with E-state index in [1.54, 1.807) is 30.6 Å². The second-order valence-electron chi connectivity index (χ2n) is 6.86. The summed E-state index contributed by atoms with van der Waals surface area (Å²) in [7, 11) is 1.61. The van der Waals surface area contributed by atoms with Crippen LogP contribution in [-0.4, -0.2) is 49.2 Å². The average Bonchev–Trinajstić information content (AvgIpc) is 3.09. The van der Waals surface area contributed by atoms with Crippen molar-refractivity contribution < 1.29 is 14.3 Å². The number of ether oxygens (including phenoxy) is 2. The molecule has 0 aliphatic carbocycles. The van der Waals surface area contributed by atoms with E-state index in [0.717, 1.165) is 43.2 Å². The van der Waals surface area contributed by atoms with E-state index in [-0.39, 0.29) is 11.8 Å². The van der Waals surface area contributed by atoms with Gasteiger partial charge in [0.25, 0.3) is 0 Å². The lowest BCUT2D eigenvalue weighted by Crippen LogP contribution is -2.37. The van der Waals surface area contributed by atoms with E-state index < -0.39 is 0 Å². The number of amides is 1. The molecule has 0 atom stereocenters. The summed E-state index contributed by atoms with van der Waals surface area (Å²) in [6, 6.07) is 5.36. The first-order valence-electron chi connectivity index (χ1n) is 9.41. The van der Waals surface area contributed by atoms with Crippen LogP contribution >= 0.6 is 22.9 Å². The molecule has 0 spiro atoms. The van der Waals surface area contributed by atoms with Crippen molar-refractivity contribution in [1.82, 2.24) is 9.88 Å². The number of piperidine rings is 1. The van der Waals surface area contributed by atoms with Gasteiger partial charge in [-0.05, 0) is 45.0 Å². The van der Waals surface area contributed by atoms with E-state index >= 15 is 0 Å². The standard InChI is InChI=1S/C20H26ClN3O3S/c1-14-22-16(13-28-14)12-24-8-6-15(7-9-24)20(25)23-18-5-3-4-17(21)19(18)27-11-10-26-2/h3-5,13,15H,6-12H2,1-2H3,(H,23,25). The number of aromatic nitrogens is 1. The Kier molecular flexibility index (Phi) is 7.67. The molecule has 1 N–H and O–H groups in total. The summed E-state index contributed by atoms with van der Waals surface area (Å²) in [5.74, 6) is 0.494. The molecule has 0 bridgehead atoms. The van der Waals surface area contributed by atoms with Gasteiger partial charge in [0.15, 0.2) is 5.75 Å². The Morgan fingerprint density at radius 2 is 2.14 bits per heavy atom. The van der Waals surface area contributed by atoms with Gasteiger partial charge >= 0.3 is 0 Å². The minimum Gasteiger partial charge on any atom is -0.487 e. The molecule has 28 heavy (non-hydrogen) atoms. The summed E-state index contributed by atoms with van der Waals surface area (Å²) >= 11 is 7.92. The number of aryl methyl sites for hydroxylation is 1. The molecule has 1 aliphatic heterocycles. The second kappa shape index (κ2) is 10.2. The molecular weight excluding hydrogens is 398 g/mol. The Bertz CT molecular complexity index is 791. The van der Waals surface area contributed by atoms with Crippen LogP contribution in [0, 0.1) is 12.8 Å². The predicted octanol–water partition coefficient (Wildman–Crippen LogP) is 3.98. The number of hydrogen-bond acceptors (Lipinski definition) is 6. The summed E-state index contributed by atoms with van der Waals surface area (Å²) in [4.78, 5) is 19.6. The number of likely N-dealkylation sites (tertiary alicyclic amines) is 1. The molecule has 152 valence electrons. The molecule has 0 radical (unpaired) electrons. The highest BCUT2D eigenvalue weighted by molar-refractivity contribution is 7.09. The van der Waals surface area contributed by atoms with E-state index in [1.165, 1.54) is 0 Å². The molecule has 1 aliphatic rings. The maximum absolute atomic E-state index is 12.8. The van der Waals surface area contributed by atoms with Crippen LogP contribution in [0.4, 0.5) is 5.69 Å². The fraction of sp³-hybridized carbons (Fsp3) is 0.500. The number of methoxy groups -OCH3 is 1. The van der Waals surface area contributed by atoms with Gasteiger partial charge in [0.2, 0.25) is 5.91 Å². The molecular formula is C20H26ClN3O3S. The highest BCUT2D eigenvalue weighted by atomic mass is 35.5. The smallest absolute Gasteiger partial charge is 0.227 e. The molecule has 1 aromatic carbocycles. The van der Waals surface area contributed by atoms with Crippen LogP contribution in [0.3, 0.4) is 0 Å². The fourth-order valence-electron chi connectivity index (χ4n) is 3.28. The number of nitrogens with zero attached hydrogens (tertiary/aromatic N) is 2.